The lowest BCUT2D eigenvalue weighted by Gasteiger charge is -2.21. The van der Waals surface area contributed by atoms with Crippen LogP contribution >= 0.6 is 0 Å². The maximum atomic E-state index is 13.4. The molecule has 0 spiro atoms. The lowest BCUT2D eigenvalue weighted by Crippen LogP contribution is -2.16. The minimum Gasteiger partial charge on any atom is -0.166 e. The highest BCUT2D eigenvalue weighted by Crippen LogP contribution is 2.49. The van der Waals surface area contributed by atoms with Crippen molar-refractivity contribution in [3.8, 4) is 0 Å². The fourth-order valence-electron chi connectivity index (χ4n) is 5.89. The Balaban J connectivity index is 1.46. The molecule has 0 aliphatic rings. The lowest BCUT2D eigenvalue weighted by molar-refractivity contribution is -0.161. The second kappa shape index (κ2) is 7.78. The van der Waals surface area contributed by atoms with E-state index in [-0.39, 0.29) is 21.5 Å². The zero-order chi connectivity index (χ0) is 30.3. The number of fused-ring (bicyclic) bond motifs is 10. The monoisotopic (exact) mass is 598 g/mol. The van der Waals surface area contributed by atoms with Crippen LogP contribution in [0.3, 0.4) is 0 Å². The van der Waals surface area contributed by atoms with Gasteiger partial charge in [-0.25, -0.2) is 0 Å². The summed E-state index contributed by atoms with van der Waals surface area (Å²) in [6, 6.07) is 10.5. The van der Waals surface area contributed by atoms with Crippen LogP contribution in [0, 0.1) is 0 Å². The quantitative estimate of drug-likeness (QED) is 0.152. The smallest absolute Gasteiger partial charge is 0.166 e. The number of hydrogen-bond donors (Lipinski definition) is 0. The van der Waals surface area contributed by atoms with Gasteiger partial charge < -0.3 is 0 Å². The van der Waals surface area contributed by atoms with Crippen molar-refractivity contribution in [2.45, 2.75) is 24.7 Å². The topological polar surface area (TPSA) is 0 Å². The molecule has 0 unspecified atom stereocenters. The van der Waals surface area contributed by atoms with Crippen LogP contribution in [-0.4, -0.2) is 0 Å². The molecule has 0 fully saturated rings. The number of rotatable bonds is 0. The molecule has 0 nitrogen and oxygen atoms in total. The Kier molecular flexibility index (Phi) is 4.94. The summed E-state index contributed by atoms with van der Waals surface area (Å²) in [6.45, 7) is 0. The summed E-state index contributed by atoms with van der Waals surface area (Å²) in [6.07, 6.45) is -21.0. The van der Waals surface area contributed by atoms with Crippen LogP contribution in [0.25, 0.3) is 64.6 Å². The van der Waals surface area contributed by atoms with E-state index in [4.69, 9.17) is 0 Å². The summed E-state index contributed by atoms with van der Waals surface area (Å²) in [5.41, 5.74) is -7.25. The maximum Gasteiger partial charge on any atom is 0.417 e. The average molecular weight is 598 g/mol. The second-order valence-corrected chi connectivity index (χ2v) is 10.2. The molecule has 0 aromatic heterocycles. The minimum atomic E-state index is -5.25. The first-order valence-corrected chi connectivity index (χ1v) is 12.0. The molecule has 42 heavy (non-hydrogen) atoms. The van der Waals surface area contributed by atoms with E-state index < -0.39 is 47.0 Å². The third-order valence-corrected chi connectivity index (χ3v) is 7.77. The predicted octanol–water partition coefficient (Wildman–Crippen LogP) is 11.6. The van der Waals surface area contributed by atoms with Crippen molar-refractivity contribution in [1.82, 2.24) is 0 Å². The summed E-state index contributed by atoms with van der Waals surface area (Å²) in [4.78, 5) is 0. The highest BCUT2D eigenvalue weighted by Gasteiger charge is 2.44. The van der Waals surface area contributed by atoms with Crippen molar-refractivity contribution in [3.05, 3.63) is 82.9 Å². The van der Waals surface area contributed by atoms with Crippen LogP contribution in [0.15, 0.2) is 60.7 Å². The van der Waals surface area contributed by atoms with E-state index in [9.17, 15) is 52.7 Å². The lowest BCUT2D eigenvalue weighted by atomic mass is 9.83. The van der Waals surface area contributed by atoms with Gasteiger partial charge in [0.25, 0.3) is 0 Å². The molecule has 7 aromatic rings. The molecule has 0 aliphatic heterocycles. The molecule has 0 atom stereocenters. The summed E-state index contributed by atoms with van der Waals surface area (Å²) >= 11 is 0. The van der Waals surface area contributed by atoms with Gasteiger partial charge in [-0.1, -0.05) is 0 Å². The first-order valence-electron chi connectivity index (χ1n) is 12.0. The van der Waals surface area contributed by atoms with Gasteiger partial charge in [0.15, 0.2) is 0 Å². The van der Waals surface area contributed by atoms with E-state index >= 15 is 0 Å². The third-order valence-electron chi connectivity index (χ3n) is 7.77. The van der Waals surface area contributed by atoms with Crippen LogP contribution in [0.4, 0.5) is 52.7 Å². The Hall–Kier alpha value is -4.22. The molecule has 0 saturated heterocycles. The van der Waals surface area contributed by atoms with Crippen LogP contribution < -0.4 is 0 Å². The van der Waals surface area contributed by atoms with Crippen molar-refractivity contribution in [1.29, 1.82) is 0 Å². The molecule has 0 aliphatic carbocycles. The molecule has 0 N–H and O–H groups in total. The normalized spacial score (nSPS) is 14.2. The van der Waals surface area contributed by atoms with E-state index in [1.165, 1.54) is 24.3 Å². The second-order valence-electron chi connectivity index (χ2n) is 10.2. The zero-order valence-electron chi connectivity index (χ0n) is 20.3. The van der Waals surface area contributed by atoms with Crippen LogP contribution in [-0.2, 0) is 24.7 Å². The predicted molar refractivity (Wildman–Crippen MR) is 134 cm³/mol. The molecule has 0 radical (unpaired) electrons. The Bertz CT molecular complexity index is 1910. The number of hydrogen-bond acceptors (Lipinski definition) is 0. The molecule has 7 aromatic carbocycles. The summed E-state index contributed by atoms with van der Waals surface area (Å²) in [7, 11) is 0. The van der Waals surface area contributed by atoms with E-state index in [1.807, 2.05) is 0 Å². The van der Waals surface area contributed by atoms with Crippen LogP contribution in [0.2, 0.25) is 0 Å². The van der Waals surface area contributed by atoms with Crippen molar-refractivity contribution in [2.75, 3.05) is 0 Å². The molecule has 214 valence electrons. The van der Waals surface area contributed by atoms with Crippen molar-refractivity contribution in [3.63, 3.8) is 0 Å². The van der Waals surface area contributed by atoms with E-state index in [1.54, 1.807) is 12.1 Å². The first-order chi connectivity index (χ1) is 19.3. The van der Waals surface area contributed by atoms with E-state index in [0.29, 0.717) is 67.4 Å². The van der Waals surface area contributed by atoms with Gasteiger partial charge in [0, 0.05) is 0 Å². The first kappa shape index (κ1) is 26.7. The summed E-state index contributed by atoms with van der Waals surface area (Å²) < 4.78 is 161. The van der Waals surface area contributed by atoms with Gasteiger partial charge in [0.1, 0.15) is 0 Å². The van der Waals surface area contributed by atoms with Crippen LogP contribution in [0.1, 0.15) is 22.3 Å². The highest BCUT2D eigenvalue weighted by molar-refractivity contribution is 6.36. The van der Waals surface area contributed by atoms with Gasteiger partial charge in [-0.05, 0) is 125 Å². The molecule has 0 bridgehead atoms. The van der Waals surface area contributed by atoms with Gasteiger partial charge >= 0.3 is 24.7 Å². The Morgan fingerprint density at radius 1 is 0.238 bits per heavy atom. The fraction of sp³-hybridized carbons (Fsp3) is 0.133. The SMILES string of the molecule is FC(F)(F)c1cc2cc3c(cc2cc1C(F)(F)F)c1cc2c4cc5cc(C(F)(F)F)c(C(F)(F)F)cc5cc4c2cc31. The Labute approximate surface area is 225 Å². The zero-order valence-corrected chi connectivity index (χ0v) is 20.3. The minimum absolute atomic E-state index is 0.0612. The van der Waals surface area contributed by atoms with Crippen LogP contribution in [0.5, 0.6) is 0 Å². The number of alkyl halides is 12. The van der Waals surface area contributed by atoms with Gasteiger partial charge in [0.05, 0.1) is 22.3 Å². The molecule has 7 rings (SSSR count). The van der Waals surface area contributed by atoms with Crippen molar-refractivity contribution >= 4 is 64.6 Å². The molecular weight excluding hydrogens is 588 g/mol. The largest absolute Gasteiger partial charge is 0.417 e. The third kappa shape index (κ3) is 3.73. The highest BCUT2D eigenvalue weighted by atomic mass is 19.4. The van der Waals surface area contributed by atoms with Gasteiger partial charge in [-0.15, -0.1) is 0 Å². The Morgan fingerprint density at radius 2 is 0.405 bits per heavy atom. The number of benzene rings is 5. The van der Waals surface area contributed by atoms with Gasteiger partial charge in [-0.3, -0.25) is 0 Å². The average Bonchev–Trinajstić information content (AvgIpc) is 2.85. The van der Waals surface area contributed by atoms with E-state index in [2.05, 4.69) is 0 Å². The molecule has 0 heterocycles. The number of halogens is 12. The van der Waals surface area contributed by atoms with E-state index in [0.717, 1.165) is 0 Å². The van der Waals surface area contributed by atoms with Crippen molar-refractivity contribution < 1.29 is 52.7 Å². The summed E-state index contributed by atoms with van der Waals surface area (Å²) in [5, 5.41) is 4.00. The molecular formula is C30H10F12. The molecule has 12 heteroatoms. The van der Waals surface area contributed by atoms with Gasteiger partial charge in [0.2, 0.25) is 0 Å². The standard InChI is InChI=1S/C30H10F12/c31-27(32,33)23-5-11-1-15-16(2-12(11)6-24(23)28(34,35)36)20-10-22-18-4-14-8-26(30(40,41)42)25(29(37,38)39)7-13(14)3-17(18)21(22)9-19(15)20/h1-10H. The molecule has 0 amide bonds. The van der Waals surface area contributed by atoms with Crippen molar-refractivity contribution in [2.24, 2.45) is 0 Å². The maximum absolute atomic E-state index is 13.4. The summed E-state index contributed by atoms with van der Waals surface area (Å²) in [5.74, 6) is 0. The Morgan fingerprint density at radius 3 is 0.571 bits per heavy atom. The fourth-order valence-corrected chi connectivity index (χ4v) is 5.89. The molecule has 0 saturated carbocycles. The van der Waals surface area contributed by atoms with Gasteiger partial charge in [-0.2, -0.15) is 52.7 Å².